The molecule has 0 aromatic rings. The molecule has 0 bridgehead atoms. The molecule has 2 aliphatic carbocycles. The van der Waals surface area contributed by atoms with Gasteiger partial charge in [-0.15, -0.1) is 0 Å². The normalized spacial score (nSPS) is 25.4. The first-order valence-electron chi connectivity index (χ1n) is 9.70. The standard InChI is InChI=1S/C19H36N4O2/c1-15-7-5-6-8-16(15)22-18(20-13-17(24)23(2)3)21-14-19(9-10-19)11-12-25-4/h15-16H,5-14H2,1-4H3,(H2,20,21,22). The Morgan fingerprint density at radius 3 is 2.60 bits per heavy atom. The first-order chi connectivity index (χ1) is 12.0. The zero-order chi connectivity index (χ0) is 18.3. The van der Waals surface area contributed by atoms with Crippen LogP contribution in [0, 0.1) is 11.3 Å². The number of nitrogens with zero attached hydrogens (tertiary/aromatic N) is 2. The molecule has 25 heavy (non-hydrogen) atoms. The Labute approximate surface area is 152 Å². The van der Waals surface area contributed by atoms with Gasteiger partial charge < -0.3 is 20.3 Å². The Hall–Kier alpha value is -1.30. The molecule has 0 heterocycles. The van der Waals surface area contributed by atoms with Gasteiger partial charge in [0.25, 0.3) is 0 Å². The lowest BCUT2D eigenvalue weighted by Gasteiger charge is -2.31. The van der Waals surface area contributed by atoms with E-state index in [0.717, 1.165) is 25.5 Å². The molecule has 0 aromatic heterocycles. The number of amides is 1. The highest BCUT2D eigenvalue weighted by molar-refractivity contribution is 5.85. The fourth-order valence-corrected chi connectivity index (χ4v) is 3.43. The van der Waals surface area contributed by atoms with Crippen molar-refractivity contribution in [3.8, 4) is 0 Å². The van der Waals surface area contributed by atoms with Crippen molar-refractivity contribution in [3.05, 3.63) is 0 Å². The van der Waals surface area contributed by atoms with Crippen LogP contribution in [-0.2, 0) is 9.53 Å². The summed E-state index contributed by atoms with van der Waals surface area (Å²) in [5.74, 6) is 1.46. The SMILES string of the molecule is COCCC1(CNC(=NCC(=O)N(C)C)NC2CCCCC2C)CC1. The first kappa shape index (κ1) is 20.0. The lowest BCUT2D eigenvalue weighted by molar-refractivity contribution is -0.127. The molecule has 6 nitrogen and oxygen atoms in total. The quantitative estimate of drug-likeness (QED) is 0.518. The van der Waals surface area contributed by atoms with Gasteiger partial charge in [0, 0.05) is 40.4 Å². The number of nitrogens with one attached hydrogen (secondary N) is 2. The Morgan fingerprint density at radius 2 is 2.00 bits per heavy atom. The summed E-state index contributed by atoms with van der Waals surface area (Å²) in [6.45, 7) is 4.20. The van der Waals surface area contributed by atoms with Crippen LogP contribution in [0.3, 0.4) is 0 Å². The van der Waals surface area contributed by atoms with Gasteiger partial charge in [0.2, 0.25) is 5.91 Å². The van der Waals surface area contributed by atoms with Crippen molar-refractivity contribution in [3.63, 3.8) is 0 Å². The van der Waals surface area contributed by atoms with Crippen LogP contribution in [0.5, 0.6) is 0 Å². The van der Waals surface area contributed by atoms with E-state index in [0.29, 0.717) is 17.4 Å². The number of carbonyl (C=O) groups excluding carboxylic acids is 1. The molecule has 2 saturated carbocycles. The summed E-state index contributed by atoms with van der Waals surface area (Å²) in [4.78, 5) is 18.1. The summed E-state index contributed by atoms with van der Waals surface area (Å²) >= 11 is 0. The molecule has 1 amide bonds. The summed E-state index contributed by atoms with van der Waals surface area (Å²) in [5, 5.41) is 7.10. The van der Waals surface area contributed by atoms with Crippen molar-refractivity contribution in [1.29, 1.82) is 0 Å². The second kappa shape index (κ2) is 9.41. The smallest absolute Gasteiger partial charge is 0.243 e. The van der Waals surface area contributed by atoms with E-state index in [2.05, 4.69) is 22.5 Å². The largest absolute Gasteiger partial charge is 0.385 e. The zero-order valence-electron chi connectivity index (χ0n) is 16.4. The van der Waals surface area contributed by atoms with Crippen LogP contribution in [0.25, 0.3) is 0 Å². The highest BCUT2D eigenvalue weighted by Crippen LogP contribution is 2.48. The van der Waals surface area contributed by atoms with Crippen molar-refractivity contribution in [2.75, 3.05) is 40.9 Å². The van der Waals surface area contributed by atoms with E-state index >= 15 is 0 Å². The molecule has 6 heteroatoms. The van der Waals surface area contributed by atoms with Crippen LogP contribution in [-0.4, -0.2) is 63.7 Å². The minimum absolute atomic E-state index is 0.0262. The number of carbonyl (C=O) groups is 1. The minimum Gasteiger partial charge on any atom is -0.385 e. The number of hydrogen-bond acceptors (Lipinski definition) is 3. The maximum Gasteiger partial charge on any atom is 0.243 e. The fourth-order valence-electron chi connectivity index (χ4n) is 3.43. The van der Waals surface area contributed by atoms with Crippen molar-refractivity contribution in [2.45, 2.75) is 57.9 Å². The summed E-state index contributed by atoms with van der Waals surface area (Å²) in [6, 6.07) is 0.448. The van der Waals surface area contributed by atoms with E-state index in [1.165, 1.54) is 38.5 Å². The van der Waals surface area contributed by atoms with Crippen LogP contribution < -0.4 is 10.6 Å². The molecule has 0 radical (unpaired) electrons. The molecule has 2 atom stereocenters. The molecule has 144 valence electrons. The summed E-state index contributed by atoms with van der Waals surface area (Å²) in [6.07, 6.45) is 8.60. The second-order valence-corrected chi connectivity index (χ2v) is 8.06. The third-order valence-electron chi connectivity index (χ3n) is 5.73. The van der Waals surface area contributed by atoms with E-state index in [1.807, 2.05) is 0 Å². The van der Waals surface area contributed by atoms with Crippen molar-refractivity contribution >= 4 is 11.9 Å². The van der Waals surface area contributed by atoms with Crippen molar-refractivity contribution in [1.82, 2.24) is 15.5 Å². The van der Waals surface area contributed by atoms with Crippen LogP contribution in [0.1, 0.15) is 51.9 Å². The fraction of sp³-hybridized carbons (Fsp3) is 0.895. The van der Waals surface area contributed by atoms with Crippen LogP contribution >= 0.6 is 0 Å². The number of ether oxygens (including phenoxy) is 1. The molecular weight excluding hydrogens is 316 g/mol. The molecular formula is C19H36N4O2. The van der Waals surface area contributed by atoms with Gasteiger partial charge in [0.05, 0.1) is 0 Å². The number of methoxy groups -OCH3 is 1. The number of hydrogen-bond donors (Lipinski definition) is 2. The maximum atomic E-state index is 11.9. The van der Waals surface area contributed by atoms with E-state index in [4.69, 9.17) is 4.74 Å². The van der Waals surface area contributed by atoms with Crippen LogP contribution in [0.15, 0.2) is 4.99 Å². The van der Waals surface area contributed by atoms with Gasteiger partial charge in [-0.3, -0.25) is 4.79 Å². The van der Waals surface area contributed by atoms with E-state index < -0.39 is 0 Å². The lowest BCUT2D eigenvalue weighted by Crippen LogP contribution is -2.48. The monoisotopic (exact) mass is 352 g/mol. The Bertz CT molecular complexity index is 460. The molecule has 0 aromatic carbocycles. The third kappa shape index (κ3) is 6.49. The Morgan fingerprint density at radius 1 is 1.28 bits per heavy atom. The van der Waals surface area contributed by atoms with Gasteiger partial charge in [-0.1, -0.05) is 19.8 Å². The summed E-state index contributed by atoms with van der Waals surface area (Å²) in [7, 11) is 5.30. The number of rotatable bonds is 8. The molecule has 2 fully saturated rings. The Kier molecular flexibility index (Phi) is 7.54. The van der Waals surface area contributed by atoms with Crippen LogP contribution in [0.4, 0.5) is 0 Å². The van der Waals surface area contributed by atoms with Gasteiger partial charge in [-0.25, -0.2) is 4.99 Å². The summed E-state index contributed by atoms with van der Waals surface area (Å²) < 4.78 is 5.24. The molecule has 2 rings (SSSR count). The third-order valence-corrected chi connectivity index (χ3v) is 5.73. The predicted octanol–water partition coefficient (Wildman–Crippen LogP) is 2.01. The van der Waals surface area contributed by atoms with Crippen molar-refractivity contribution in [2.24, 2.45) is 16.3 Å². The molecule has 0 saturated heterocycles. The van der Waals surface area contributed by atoms with Gasteiger partial charge in [0.1, 0.15) is 6.54 Å². The van der Waals surface area contributed by atoms with Gasteiger partial charge >= 0.3 is 0 Å². The molecule has 0 aliphatic heterocycles. The first-order valence-corrected chi connectivity index (χ1v) is 9.70. The number of aliphatic imine (C=N–C) groups is 1. The minimum atomic E-state index is 0.0262. The highest BCUT2D eigenvalue weighted by Gasteiger charge is 2.42. The second-order valence-electron chi connectivity index (χ2n) is 8.06. The lowest BCUT2D eigenvalue weighted by atomic mass is 9.86. The van der Waals surface area contributed by atoms with E-state index in [9.17, 15) is 4.79 Å². The topological polar surface area (TPSA) is 66.0 Å². The summed E-state index contributed by atoms with van der Waals surface area (Å²) in [5.41, 5.74) is 0.349. The number of guanidine groups is 1. The van der Waals surface area contributed by atoms with Gasteiger partial charge in [0.15, 0.2) is 5.96 Å². The molecule has 2 aliphatic rings. The maximum absolute atomic E-state index is 11.9. The van der Waals surface area contributed by atoms with E-state index in [-0.39, 0.29) is 12.5 Å². The zero-order valence-corrected chi connectivity index (χ0v) is 16.4. The van der Waals surface area contributed by atoms with Gasteiger partial charge in [-0.05, 0) is 43.4 Å². The molecule has 0 spiro atoms. The molecule has 2 N–H and O–H groups in total. The molecule has 2 unspecified atom stereocenters. The average Bonchev–Trinajstić information content (AvgIpc) is 3.37. The van der Waals surface area contributed by atoms with Gasteiger partial charge in [-0.2, -0.15) is 0 Å². The number of likely N-dealkylation sites (N-methyl/N-ethyl adjacent to an activating group) is 1. The van der Waals surface area contributed by atoms with Crippen molar-refractivity contribution < 1.29 is 9.53 Å². The van der Waals surface area contributed by atoms with Crippen LogP contribution in [0.2, 0.25) is 0 Å². The highest BCUT2D eigenvalue weighted by atomic mass is 16.5. The average molecular weight is 353 g/mol. The predicted molar refractivity (Wildman–Crippen MR) is 102 cm³/mol. The van der Waals surface area contributed by atoms with E-state index in [1.54, 1.807) is 26.1 Å². The Balaban J connectivity index is 1.93.